The average Bonchev–Trinajstić information content (AvgIpc) is 2.66. The third-order valence-corrected chi connectivity index (χ3v) is 4.52. The predicted molar refractivity (Wildman–Crippen MR) is 85.0 cm³/mol. The van der Waals surface area contributed by atoms with E-state index in [-0.39, 0.29) is 0 Å². The van der Waals surface area contributed by atoms with Crippen molar-refractivity contribution >= 4 is 5.69 Å². The monoisotopic (exact) mass is 269 g/mol. The van der Waals surface area contributed by atoms with Crippen LogP contribution >= 0.6 is 0 Å². The average molecular weight is 269 g/mol. The fraction of sp³-hybridized carbons (Fsp3) is 0.444. The molecule has 2 unspecified atom stereocenters. The molecule has 2 heteroatoms. The maximum atomic E-state index is 2.64. The first-order chi connectivity index (χ1) is 9.90. The van der Waals surface area contributed by atoms with Crippen LogP contribution < -0.4 is 10.2 Å². The zero-order valence-electron chi connectivity index (χ0n) is 12.3. The van der Waals surface area contributed by atoms with E-state index >= 15 is 0 Å². The molecule has 0 spiro atoms. The number of nitrogens with two attached hydrogens (primary N) is 1. The Labute approximate surface area is 122 Å². The third kappa shape index (κ3) is 2.66. The van der Waals surface area contributed by atoms with Gasteiger partial charge in [-0.05, 0) is 24.5 Å². The van der Waals surface area contributed by atoms with E-state index in [2.05, 4.69) is 65.8 Å². The zero-order valence-corrected chi connectivity index (χ0v) is 12.3. The fourth-order valence-corrected chi connectivity index (χ4v) is 3.46. The first-order valence-corrected chi connectivity index (χ1v) is 7.87. The summed E-state index contributed by atoms with van der Waals surface area (Å²) in [4.78, 5) is 2.64. The predicted octanol–water partition coefficient (Wildman–Crippen LogP) is 2.13. The fourth-order valence-electron chi connectivity index (χ4n) is 3.46. The largest absolute Gasteiger partial charge is 0.364 e. The number of rotatable bonds is 4. The summed E-state index contributed by atoms with van der Waals surface area (Å²) in [5.41, 5.74) is 2.97. The summed E-state index contributed by atoms with van der Waals surface area (Å²) < 4.78 is 0. The second kappa shape index (κ2) is 6.27. The first kappa shape index (κ1) is 13.4. The first-order valence-electron chi connectivity index (χ1n) is 7.87. The van der Waals surface area contributed by atoms with Gasteiger partial charge in [-0.3, -0.25) is 0 Å². The smallest absolute Gasteiger partial charge is 0.0770 e. The Kier molecular flexibility index (Phi) is 4.22. The standard InChI is InChI=1S/C18H24N2/c1-19-13-6-14-20-17-9-4-2-7-15(17)11-12-16-8-3-5-10-18(16)20/h2-5,7-10,15,17,19H,6,11-14H2,1H3/p+1. The van der Waals surface area contributed by atoms with Crippen LogP contribution in [0.2, 0.25) is 0 Å². The summed E-state index contributed by atoms with van der Waals surface area (Å²) in [6, 6.07) is 9.51. The molecule has 1 aromatic rings. The summed E-state index contributed by atoms with van der Waals surface area (Å²) >= 11 is 0. The lowest BCUT2D eigenvalue weighted by Gasteiger charge is -2.35. The van der Waals surface area contributed by atoms with Gasteiger partial charge in [0.15, 0.2) is 0 Å². The maximum absolute atomic E-state index is 2.64. The van der Waals surface area contributed by atoms with Crippen LogP contribution in [0, 0.1) is 5.92 Å². The molecule has 0 bridgehead atoms. The Hall–Kier alpha value is -1.54. The van der Waals surface area contributed by atoms with Crippen LogP contribution in [0.4, 0.5) is 5.69 Å². The van der Waals surface area contributed by atoms with Crippen LogP contribution in [-0.4, -0.2) is 26.2 Å². The van der Waals surface area contributed by atoms with Gasteiger partial charge in [-0.1, -0.05) is 42.5 Å². The van der Waals surface area contributed by atoms with E-state index < -0.39 is 0 Å². The van der Waals surface area contributed by atoms with Gasteiger partial charge in [0.2, 0.25) is 0 Å². The molecule has 0 radical (unpaired) electrons. The Bertz CT molecular complexity index is 504. The number of para-hydroxylation sites is 1. The Balaban J connectivity index is 1.90. The molecule has 3 rings (SSSR count). The van der Waals surface area contributed by atoms with Crippen LogP contribution in [-0.2, 0) is 6.42 Å². The molecule has 2 N–H and O–H groups in total. The Morgan fingerprint density at radius 3 is 2.95 bits per heavy atom. The number of allylic oxidation sites excluding steroid dienone is 2. The van der Waals surface area contributed by atoms with E-state index in [0.717, 1.165) is 6.54 Å². The molecule has 1 heterocycles. The normalized spacial score (nSPS) is 24.1. The molecule has 2 aliphatic rings. The van der Waals surface area contributed by atoms with Crippen LogP contribution in [0.1, 0.15) is 18.4 Å². The molecule has 1 aliphatic carbocycles. The Morgan fingerprint density at radius 2 is 2.05 bits per heavy atom. The van der Waals surface area contributed by atoms with Gasteiger partial charge in [-0.15, -0.1) is 0 Å². The van der Waals surface area contributed by atoms with Crippen molar-refractivity contribution in [1.82, 2.24) is 0 Å². The number of aryl methyl sites for hydroxylation is 1. The van der Waals surface area contributed by atoms with Crippen LogP contribution in [0.5, 0.6) is 0 Å². The highest BCUT2D eigenvalue weighted by Gasteiger charge is 2.29. The zero-order chi connectivity index (χ0) is 13.8. The van der Waals surface area contributed by atoms with Gasteiger partial charge in [-0.25, -0.2) is 0 Å². The highest BCUT2D eigenvalue weighted by molar-refractivity contribution is 5.57. The van der Waals surface area contributed by atoms with E-state index in [4.69, 9.17) is 0 Å². The summed E-state index contributed by atoms with van der Waals surface area (Å²) in [5.74, 6) is 0.665. The van der Waals surface area contributed by atoms with Gasteiger partial charge in [0.1, 0.15) is 0 Å². The lowest BCUT2D eigenvalue weighted by Crippen LogP contribution is -2.79. The summed E-state index contributed by atoms with van der Waals surface area (Å²) in [5, 5.41) is 2.28. The minimum Gasteiger partial charge on any atom is -0.364 e. The number of benzene rings is 1. The van der Waals surface area contributed by atoms with Crippen molar-refractivity contribution in [1.29, 1.82) is 0 Å². The maximum Gasteiger partial charge on any atom is 0.0770 e. The molecule has 2 atom stereocenters. The molecule has 0 saturated heterocycles. The van der Waals surface area contributed by atoms with E-state index in [0.29, 0.717) is 12.0 Å². The quantitative estimate of drug-likeness (QED) is 0.830. The Morgan fingerprint density at radius 1 is 1.20 bits per heavy atom. The highest BCUT2D eigenvalue weighted by atomic mass is 15.2. The van der Waals surface area contributed by atoms with E-state index in [1.165, 1.54) is 37.1 Å². The van der Waals surface area contributed by atoms with E-state index in [9.17, 15) is 0 Å². The molecular formula is C18H25N2+. The summed E-state index contributed by atoms with van der Waals surface area (Å²) in [6.45, 7) is 2.36. The number of hydrogen-bond acceptors (Lipinski definition) is 1. The van der Waals surface area contributed by atoms with Crippen LogP contribution in [0.3, 0.4) is 0 Å². The minimum atomic E-state index is 0.542. The molecule has 2 nitrogen and oxygen atoms in total. The second-order valence-corrected chi connectivity index (χ2v) is 5.84. The molecule has 1 aromatic carbocycles. The van der Waals surface area contributed by atoms with Crippen molar-refractivity contribution in [3.8, 4) is 0 Å². The molecule has 20 heavy (non-hydrogen) atoms. The van der Waals surface area contributed by atoms with Gasteiger partial charge >= 0.3 is 0 Å². The topological polar surface area (TPSA) is 19.9 Å². The van der Waals surface area contributed by atoms with E-state index in [1.807, 2.05) is 0 Å². The number of hydrogen-bond donors (Lipinski definition) is 1. The van der Waals surface area contributed by atoms with Crippen molar-refractivity contribution in [2.45, 2.75) is 25.3 Å². The molecule has 0 saturated carbocycles. The van der Waals surface area contributed by atoms with E-state index in [1.54, 1.807) is 0 Å². The van der Waals surface area contributed by atoms with Gasteiger partial charge in [-0.2, -0.15) is 0 Å². The third-order valence-electron chi connectivity index (χ3n) is 4.52. The lowest BCUT2D eigenvalue weighted by molar-refractivity contribution is -0.626. The summed E-state index contributed by atoms with van der Waals surface area (Å²) in [6.07, 6.45) is 12.9. The van der Waals surface area contributed by atoms with Crippen LogP contribution in [0.25, 0.3) is 0 Å². The number of anilines is 1. The lowest BCUT2D eigenvalue weighted by atomic mass is 9.90. The van der Waals surface area contributed by atoms with Gasteiger partial charge in [0, 0.05) is 24.6 Å². The molecular weight excluding hydrogens is 244 g/mol. The molecule has 0 aromatic heterocycles. The van der Waals surface area contributed by atoms with Crippen molar-refractivity contribution in [2.75, 3.05) is 25.0 Å². The SMILES string of the molecule is C[NH2+]CCCN1c2ccccc2CCC2C=CC=CC21. The van der Waals surface area contributed by atoms with Crippen molar-refractivity contribution in [3.05, 3.63) is 54.1 Å². The van der Waals surface area contributed by atoms with Crippen LogP contribution in [0.15, 0.2) is 48.6 Å². The molecule has 0 amide bonds. The molecule has 106 valence electrons. The highest BCUT2D eigenvalue weighted by Crippen LogP contribution is 2.34. The number of fused-ring (bicyclic) bond motifs is 2. The van der Waals surface area contributed by atoms with Gasteiger partial charge < -0.3 is 10.2 Å². The molecule has 0 fully saturated rings. The van der Waals surface area contributed by atoms with Crippen molar-refractivity contribution in [2.24, 2.45) is 5.92 Å². The van der Waals surface area contributed by atoms with Crippen molar-refractivity contribution in [3.63, 3.8) is 0 Å². The van der Waals surface area contributed by atoms with Gasteiger partial charge in [0.25, 0.3) is 0 Å². The number of quaternary nitrogens is 1. The molecule has 1 aliphatic heterocycles. The number of nitrogens with zero attached hydrogens (tertiary/aromatic N) is 1. The van der Waals surface area contributed by atoms with Crippen molar-refractivity contribution < 1.29 is 5.32 Å². The summed E-state index contributed by atoms with van der Waals surface area (Å²) in [7, 11) is 2.16. The second-order valence-electron chi connectivity index (χ2n) is 5.84. The van der Waals surface area contributed by atoms with Gasteiger partial charge in [0.05, 0.1) is 19.6 Å². The minimum absolute atomic E-state index is 0.542.